The summed E-state index contributed by atoms with van der Waals surface area (Å²) < 4.78 is 0. The molecule has 3 rings (SSSR count). The van der Waals surface area contributed by atoms with Crippen LogP contribution in [-0.2, 0) is 0 Å². The molecule has 0 unspecified atom stereocenters. The molecule has 9 heteroatoms. The van der Waals surface area contributed by atoms with Crippen molar-refractivity contribution in [3.05, 3.63) is 68.8 Å². The van der Waals surface area contributed by atoms with Crippen LogP contribution in [-0.4, -0.2) is 25.0 Å². The molecule has 1 aromatic heterocycles. The van der Waals surface area contributed by atoms with E-state index in [0.717, 1.165) is 0 Å². The molecule has 9 nitrogen and oxygen atoms in total. The summed E-state index contributed by atoms with van der Waals surface area (Å²) in [5, 5.41) is 28.2. The maximum absolute atomic E-state index is 10.8. The molecule has 0 spiro atoms. The quantitative estimate of drug-likeness (QED) is 0.582. The minimum atomic E-state index is -0.493. The average molecular weight is 311 g/mol. The van der Waals surface area contributed by atoms with Gasteiger partial charge >= 0.3 is 0 Å². The molecule has 114 valence electrons. The van der Waals surface area contributed by atoms with E-state index in [4.69, 9.17) is 0 Å². The zero-order valence-electron chi connectivity index (χ0n) is 11.5. The minimum absolute atomic E-state index is 0.0211. The predicted molar refractivity (Wildman–Crippen MR) is 80.6 cm³/mol. The van der Waals surface area contributed by atoms with E-state index in [0.29, 0.717) is 22.8 Å². The first-order chi connectivity index (χ1) is 11.0. The van der Waals surface area contributed by atoms with Crippen LogP contribution in [0, 0.1) is 20.2 Å². The Hall–Kier alpha value is -3.62. The van der Waals surface area contributed by atoms with Crippen molar-refractivity contribution in [1.29, 1.82) is 0 Å². The Morgan fingerprint density at radius 1 is 0.870 bits per heavy atom. The summed E-state index contributed by atoms with van der Waals surface area (Å²) in [5.74, 6) is 0.725. The van der Waals surface area contributed by atoms with E-state index in [9.17, 15) is 20.2 Å². The molecule has 1 N–H and O–H groups in total. The standard InChI is InChI=1S/C14H9N5O4/c20-18(21)11-6-4-9(5-7-11)13-15-14(17-16-13)10-2-1-3-12(8-10)19(22)23/h1-8H,(H,15,16,17). The van der Waals surface area contributed by atoms with Crippen LogP contribution in [0.15, 0.2) is 48.5 Å². The molecule has 2 aromatic carbocycles. The van der Waals surface area contributed by atoms with Crippen molar-refractivity contribution in [2.45, 2.75) is 0 Å². The number of non-ortho nitro benzene ring substituents is 2. The summed E-state index contributed by atoms with van der Waals surface area (Å²) in [6.45, 7) is 0. The fourth-order valence-corrected chi connectivity index (χ4v) is 2.02. The molecule has 0 radical (unpaired) electrons. The van der Waals surface area contributed by atoms with Gasteiger partial charge in [-0.2, -0.15) is 5.10 Å². The Kier molecular flexibility index (Phi) is 3.51. The molecular weight excluding hydrogens is 302 g/mol. The normalized spacial score (nSPS) is 10.4. The lowest BCUT2D eigenvalue weighted by Crippen LogP contribution is -1.89. The summed E-state index contributed by atoms with van der Waals surface area (Å²) in [6, 6.07) is 11.8. The van der Waals surface area contributed by atoms with Gasteiger partial charge in [0.2, 0.25) is 0 Å². The molecule has 23 heavy (non-hydrogen) atoms. The Bertz CT molecular complexity index is 888. The van der Waals surface area contributed by atoms with Crippen molar-refractivity contribution in [3.8, 4) is 22.8 Å². The van der Waals surface area contributed by atoms with Crippen LogP contribution < -0.4 is 0 Å². The van der Waals surface area contributed by atoms with Gasteiger partial charge in [-0.05, 0) is 12.1 Å². The van der Waals surface area contributed by atoms with Crippen molar-refractivity contribution >= 4 is 11.4 Å². The lowest BCUT2D eigenvalue weighted by Gasteiger charge is -1.96. The van der Waals surface area contributed by atoms with E-state index < -0.39 is 9.85 Å². The summed E-state index contributed by atoms with van der Waals surface area (Å²) >= 11 is 0. The monoisotopic (exact) mass is 311 g/mol. The molecule has 0 fully saturated rings. The van der Waals surface area contributed by atoms with Crippen LogP contribution in [0.5, 0.6) is 0 Å². The molecule has 1 heterocycles. The van der Waals surface area contributed by atoms with Crippen LogP contribution in [0.3, 0.4) is 0 Å². The molecule has 0 saturated heterocycles. The summed E-state index contributed by atoms with van der Waals surface area (Å²) in [7, 11) is 0. The Balaban J connectivity index is 1.92. The maximum Gasteiger partial charge on any atom is 0.270 e. The van der Waals surface area contributed by atoms with Gasteiger partial charge < -0.3 is 0 Å². The highest BCUT2D eigenvalue weighted by molar-refractivity contribution is 5.63. The second kappa shape index (κ2) is 5.64. The van der Waals surface area contributed by atoms with E-state index in [1.54, 1.807) is 24.3 Å². The Morgan fingerprint density at radius 2 is 1.57 bits per heavy atom. The largest absolute Gasteiger partial charge is 0.270 e. The second-order valence-corrected chi connectivity index (χ2v) is 4.62. The number of H-pyrrole nitrogens is 1. The lowest BCUT2D eigenvalue weighted by molar-refractivity contribution is -0.385. The zero-order chi connectivity index (χ0) is 16.4. The number of nitro benzene ring substituents is 2. The van der Waals surface area contributed by atoms with Crippen LogP contribution >= 0.6 is 0 Å². The first kappa shape index (κ1) is 14.3. The van der Waals surface area contributed by atoms with E-state index in [1.165, 1.54) is 24.3 Å². The molecule has 0 bridgehead atoms. The van der Waals surface area contributed by atoms with Crippen LogP contribution in [0.4, 0.5) is 11.4 Å². The molecular formula is C14H9N5O4. The number of nitrogens with one attached hydrogen (secondary N) is 1. The topological polar surface area (TPSA) is 128 Å². The van der Waals surface area contributed by atoms with Crippen molar-refractivity contribution in [1.82, 2.24) is 15.2 Å². The first-order valence-corrected chi connectivity index (χ1v) is 6.46. The maximum atomic E-state index is 10.8. The highest BCUT2D eigenvalue weighted by atomic mass is 16.6. The Labute approximate surface area is 128 Å². The SMILES string of the molecule is O=[N+]([O-])c1ccc(-c2nc(-c3cccc([N+](=O)[O-])c3)n[nH]2)cc1. The van der Waals surface area contributed by atoms with Gasteiger partial charge in [-0.15, -0.1) is 0 Å². The number of nitrogens with zero attached hydrogens (tertiary/aromatic N) is 4. The fraction of sp³-hybridized carbons (Fsp3) is 0. The molecule has 0 aliphatic rings. The number of hydrogen-bond acceptors (Lipinski definition) is 6. The van der Waals surface area contributed by atoms with E-state index in [1.807, 2.05) is 0 Å². The number of aromatic nitrogens is 3. The van der Waals surface area contributed by atoms with E-state index in [-0.39, 0.29) is 11.4 Å². The van der Waals surface area contributed by atoms with Gasteiger partial charge in [0.05, 0.1) is 9.85 Å². The predicted octanol–water partition coefficient (Wildman–Crippen LogP) is 2.96. The number of nitro groups is 2. The molecule has 0 amide bonds. The van der Waals surface area contributed by atoms with Crippen LogP contribution in [0.1, 0.15) is 0 Å². The second-order valence-electron chi connectivity index (χ2n) is 4.62. The fourth-order valence-electron chi connectivity index (χ4n) is 2.02. The van der Waals surface area contributed by atoms with Crippen molar-refractivity contribution in [2.75, 3.05) is 0 Å². The highest BCUT2D eigenvalue weighted by Gasteiger charge is 2.12. The lowest BCUT2D eigenvalue weighted by atomic mass is 10.2. The van der Waals surface area contributed by atoms with Crippen molar-refractivity contribution in [3.63, 3.8) is 0 Å². The zero-order valence-corrected chi connectivity index (χ0v) is 11.5. The van der Waals surface area contributed by atoms with Crippen LogP contribution in [0.25, 0.3) is 22.8 Å². The summed E-state index contributed by atoms with van der Waals surface area (Å²) in [6.07, 6.45) is 0. The van der Waals surface area contributed by atoms with Gasteiger partial charge in [0.15, 0.2) is 11.6 Å². The summed E-state index contributed by atoms with van der Waals surface area (Å²) in [5.41, 5.74) is 1.06. The van der Waals surface area contributed by atoms with Crippen molar-refractivity contribution < 1.29 is 9.85 Å². The first-order valence-electron chi connectivity index (χ1n) is 6.46. The van der Waals surface area contributed by atoms with Gasteiger partial charge in [-0.3, -0.25) is 25.3 Å². The third-order valence-corrected chi connectivity index (χ3v) is 3.15. The molecule has 0 atom stereocenters. The third kappa shape index (κ3) is 2.88. The molecule has 0 saturated carbocycles. The number of benzene rings is 2. The van der Waals surface area contributed by atoms with Crippen molar-refractivity contribution in [2.24, 2.45) is 0 Å². The Morgan fingerprint density at radius 3 is 2.22 bits per heavy atom. The van der Waals surface area contributed by atoms with Gasteiger partial charge in [0, 0.05) is 35.4 Å². The highest BCUT2D eigenvalue weighted by Crippen LogP contribution is 2.24. The van der Waals surface area contributed by atoms with Gasteiger partial charge in [-0.1, -0.05) is 12.1 Å². The van der Waals surface area contributed by atoms with E-state index in [2.05, 4.69) is 15.2 Å². The molecule has 0 aliphatic heterocycles. The number of hydrogen-bond donors (Lipinski definition) is 1. The number of aromatic amines is 1. The third-order valence-electron chi connectivity index (χ3n) is 3.15. The van der Waals surface area contributed by atoms with Crippen LogP contribution in [0.2, 0.25) is 0 Å². The molecule has 0 aliphatic carbocycles. The van der Waals surface area contributed by atoms with Gasteiger partial charge in [-0.25, -0.2) is 4.98 Å². The minimum Gasteiger partial charge on any atom is -0.259 e. The summed E-state index contributed by atoms with van der Waals surface area (Å²) in [4.78, 5) is 24.7. The van der Waals surface area contributed by atoms with Gasteiger partial charge in [0.25, 0.3) is 11.4 Å². The van der Waals surface area contributed by atoms with Gasteiger partial charge in [0.1, 0.15) is 0 Å². The smallest absolute Gasteiger partial charge is 0.259 e. The average Bonchev–Trinajstić information content (AvgIpc) is 3.05. The molecule has 3 aromatic rings. The van der Waals surface area contributed by atoms with E-state index >= 15 is 0 Å². The number of rotatable bonds is 4.